The fraction of sp³-hybridized carbons (Fsp3) is 0.846. The third-order valence-electron chi connectivity index (χ3n) is 3.67. The molecule has 1 aliphatic rings. The molecule has 0 aliphatic heterocycles. The van der Waals surface area contributed by atoms with Gasteiger partial charge in [0.1, 0.15) is 5.82 Å². The second kappa shape index (κ2) is 6.98. The highest BCUT2D eigenvalue weighted by Crippen LogP contribution is 2.26. The van der Waals surface area contributed by atoms with Crippen molar-refractivity contribution in [1.29, 1.82) is 0 Å². The second-order valence-electron chi connectivity index (χ2n) is 4.99. The van der Waals surface area contributed by atoms with Crippen molar-refractivity contribution < 1.29 is 0 Å². The molecule has 1 fully saturated rings. The van der Waals surface area contributed by atoms with Gasteiger partial charge in [0.15, 0.2) is 0 Å². The molecule has 1 saturated carbocycles. The third-order valence-corrected chi connectivity index (χ3v) is 3.84. The van der Waals surface area contributed by atoms with Crippen molar-refractivity contribution in [3.05, 3.63) is 6.20 Å². The minimum absolute atomic E-state index is 0.617. The van der Waals surface area contributed by atoms with Gasteiger partial charge in [0, 0.05) is 25.0 Å². The van der Waals surface area contributed by atoms with Crippen LogP contribution >= 0.6 is 11.6 Å². The Hall–Kier alpha value is -0.770. The van der Waals surface area contributed by atoms with Gasteiger partial charge in [-0.05, 0) is 19.3 Å². The standard InChI is InChI=1S/C13H23ClN4/c1-2-9-18-13(11-15-16-18)17(10-8-14)12-6-4-3-5-7-12/h11-12H,2-10H2,1H3. The molecular weight excluding hydrogens is 248 g/mol. The Morgan fingerprint density at radius 3 is 2.83 bits per heavy atom. The van der Waals surface area contributed by atoms with Gasteiger partial charge >= 0.3 is 0 Å². The van der Waals surface area contributed by atoms with E-state index in [1.165, 1.54) is 32.1 Å². The summed E-state index contributed by atoms with van der Waals surface area (Å²) in [5.41, 5.74) is 0. The zero-order valence-electron chi connectivity index (χ0n) is 11.2. The van der Waals surface area contributed by atoms with Crippen LogP contribution in [0.1, 0.15) is 45.4 Å². The maximum Gasteiger partial charge on any atom is 0.147 e. The van der Waals surface area contributed by atoms with Crippen LogP contribution in [0.3, 0.4) is 0 Å². The maximum atomic E-state index is 5.97. The van der Waals surface area contributed by atoms with Crippen LogP contribution in [0.15, 0.2) is 6.20 Å². The molecule has 0 spiro atoms. The van der Waals surface area contributed by atoms with Gasteiger partial charge in [-0.1, -0.05) is 31.4 Å². The number of hydrogen-bond donors (Lipinski definition) is 0. The molecule has 1 aliphatic carbocycles. The third kappa shape index (κ3) is 3.16. The summed E-state index contributed by atoms with van der Waals surface area (Å²) in [5, 5.41) is 8.25. The number of aryl methyl sites for hydroxylation is 1. The fourth-order valence-corrected chi connectivity index (χ4v) is 3.00. The summed E-state index contributed by atoms with van der Waals surface area (Å²) in [6, 6.07) is 0.617. The van der Waals surface area contributed by atoms with Crippen LogP contribution in [0, 0.1) is 0 Å². The quantitative estimate of drug-likeness (QED) is 0.745. The van der Waals surface area contributed by atoms with Gasteiger partial charge < -0.3 is 4.90 Å². The molecule has 0 bridgehead atoms. The first-order valence-electron chi connectivity index (χ1n) is 7.08. The molecular formula is C13H23ClN4. The summed E-state index contributed by atoms with van der Waals surface area (Å²) < 4.78 is 2.02. The summed E-state index contributed by atoms with van der Waals surface area (Å²) in [6.45, 7) is 3.99. The average Bonchev–Trinajstić information content (AvgIpc) is 2.85. The lowest BCUT2D eigenvalue weighted by Crippen LogP contribution is -2.39. The summed E-state index contributed by atoms with van der Waals surface area (Å²) in [6.07, 6.45) is 9.55. The second-order valence-corrected chi connectivity index (χ2v) is 5.37. The lowest BCUT2D eigenvalue weighted by molar-refractivity contribution is 0.410. The molecule has 1 aromatic rings. The summed E-state index contributed by atoms with van der Waals surface area (Å²) in [5.74, 6) is 1.80. The Morgan fingerprint density at radius 2 is 2.17 bits per heavy atom. The largest absolute Gasteiger partial charge is 0.351 e. The predicted octanol–water partition coefficient (Wildman–Crippen LogP) is 3.07. The smallest absolute Gasteiger partial charge is 0.147 e. The van der Waals surface area contributed by atoms with E-state index in [0.29, 0.717) is 11.9 Å². The molecule has 0 aromatic carbocycles. The van der Waals surface area contributed by atoms with E-state index in [-0.39, 0.29) is 0 Å². The van der Waals surface area contributed by atoms with Gasteiger partial charge in [0.2, 0.25) is 0 Å². The molecule has 0 unspecified atom stereocenters. The van der Waals surface area contributed by atoms with Crippen LogP contribution in [0.5, 0.6) is 0 Å². The maximum absolute atomic E-state index is 5.97. The monoisotopic (exact) mass is 270 g/mol. The zero-order valence-corrected chi connectivity index (χ0v) is 11.9. The molecule has 0 radical (unpaired) electrons. The van der Waals surface area contributed by atoms with E-state index in [4.69, 9.17) is 11.6 Å². The number of aromatic nitrogens is 3. The van der Waals surface area contributed by atoms with Crippen LogP contribution in [0.25, 0.3) is 0 Å². The highest BCUT2D eigenvalue weighted by Gasteiger charge is 2.23. The first-order valence-corrected chi connectivity index (χ1v) is 7.61. The first-order chi connectivity index (χ1) is 8.86. The van der Waals surface area contributed by atoms with E-state index in [1.54, 1.807) is 0 Å². The Balaban J connectivity index is 2.14. The molecule has 5 heteroatoms. The number of alkyl halides is 1. The fourth-order valence-electron chi connectivity index (χ4n) is 2.81. The number of nitrogens with zero attached hydrogens (tertiary/aromatic N) is 4. The van der Waals surface area contributed by atoms with Crippen molar-refractivity contribution in [2.24, 2.45) is 0 Å². The van der Waals surface area contributed by atoms with Crippen LogP contribution in [-0.2, 0) is 6.54 Å². The molecule has 0 saturated heterocycles. The van der Waals surface area contributed by atoms with Crippen LogP contribution < -0.4 is 4.90 Å². The lowest BCUT2D eigenvalue weighted by atomic mass is 9.94. The molecule has 0 N–H and O–H groups in total. The van der Waals surface area contributed by atoms with Gasteiger partial charge in [-0.2, -0.15) is 0 Å². The Bertz CT molecular complexity index is 347. The van der Waals surface area contributed by atoms with Crippen LogP contribution in [0.2, 0.25) is 0 Å². The predicted molar refractivity (Wildman–Crippen MR) is 75.3 cm³/mol. The highest BCUT2D eigenvalue weighted by molar-refractivity contribution is 6.18. The van der Waals surface area contributed by atoms with Crippen LogP contribution in [0.4, 0.5) is 5.82 Å². The van der Waals surface area contributed by atoms with E-state index in [2.05, 4.69) is 22.1 Å². The number of hydrogen-bond acceptors (Lipinski definition) is 3. The number of rotatable bonds is 6. The van der Waals surface area contributed by atoms with Gasteiger partial charge in [0.25, 0.3) is 0 Å². The minimum Gasteiger partial charge on any atom is -0.351 e. The molecule has 102 valence electrons. The topological polar surface area (TPSA) is 34.0 Å². The Kier molecular flexibility index (Phi) is 5.29. The van der Waals surface area contributed by atoms with Crippen molar-refractivity contribution in [2.45, 2.75) is 58.0 Å². The Morgan fingerprint density at radius 1 is 1.39 bits per heavy atom. The molecule has 0 atom stereocenters. The van der Waals surface area contributed by atoms with Crippen molar-refractivity contribution >= 4 is 17.4 Å². The summed E-state index contributed by atoms with van der Waals surface area (Å²) >= 11 is 5.97. The molecule has 0 amide bonds. The molecule has 1 heterocycles. The molecule has 1 aromatic heterocycles. The van der Waals surface area contributed by atoms with E-state index < -0.39 is 0 Å². The van der Waals surface area contributed by atoms with Gasteiger partial charge in [-0.15, -0.1) is 16.7 Å². The Labute approximate surface area is 114 Å². The van der Waals surface area contributed by atoms with E-state index >= 15 is 0 Å². The van der Waals surface area contributed by atoms with Crippen molar-refractivity contribution in [1.82, 2.24) is 15.0 Å². The van der Waals surface area contributed by atoms with Crippen molar-refractivity contribution in [3.63, 3.8) is 0 Å². The van der Waals surface area contributed by atoms with Crippen molar-refractivity contribution in [3.8, 4) is 0 Å². The zero-order chi connectivity index (χ0) is 12.8. The average molecular weight is 271 g/mol. The summed E-state index contributed by atoms with van der Waals surface area (Å²) in [4.78, 5) is 2.42. The van der Waals surface area contributed by atoms with Gasteiger partial charge in [0.05, 0.1) is 6.20 Å². The van der Waals surface area contributed by atoms with Gasteiger partial charge in [-0.25, -0.2) is 4.68 Å². The molecule has 2 rings (SSSR count). The number of anilines is 1. The molecule has 4 nitrogen and oxygen atoms in total. The highest BCUT2D eigenvalue weighted by atomic mass is 35.5. The summed E-state index contributed by atoms with van der Waals surface area (Å²) in [7, 11) is 0. The van der Waals surface area contributed by atoms with E-state index in [0.717, 1.165) is 25.3 Å². The first kappa shape index (κ1) is 13.7. The van der Waals surface area contributed by atoms with Crippen LogP contribution in [-0.4, -0.2) is 33.5 Å². The number of halogens is 1. The normalized spacial score (nSPS) is 17.0. The van der Waals surface area contributed by atoms with Gasteiger partial charge in [-0.3, -0.25) is 0 Å². The van der Waals surface area contributed by atoms with Crippen molar-refractivity contribution in [2.75, 3.05) is 17.3 Å². The lowest BCUT2D eigenvalue weighted by Gasteiger charge is -2.35. The minimum atomic E-state index is 0.617. The van der Waals surface area contributed by atoms with E-state index in [9.17, 15) is 0 Å². The van der Waals surface area contributed by atoms with E-state index in [1.807, 2.05) is 10.9 Å². The SMILES string of the molecule is CCCn1nncc1N(CCCl)C1CCCCC1. The molecule has 18 heavy (non-hydrogen) atoms.